The predicted molar refractivity (Wildman–Crippen MR) is 110 cm³/mol. The van der Waals surface area contributed by atoms with Gasteiger partial charge in [-0.3, -0.25) is 5.41 Å². The van der Waals surface area contributed by atoms with Crippen LogP contribution in [0, 0.1) is 5.41 Å². The minimum absolute atomic E-state index is 0.453. The standard InChI is InChI=1S/C23H23N3O2/c24-23-25(15-17-27-19-9-3-1-4-10-19)21-13-7-8-14-22(21)26(23)16-18-28-20-11-5-2-6-12-20/h1-14,24H,15-18H2. The van der Waals surface area contributed by atoms with Gasteiger partial charge < -0.3 is 18.6 Å². The SMILES string of the molecule is N=c1n(CCOc2ccccc2)c2ccccc2n1CCOc1ccccc1. The molecule has 0 saturated heterocycles. The number of aromatic nitrogens is 2. The molecule has 0 amide bonds. The summed E-state index contributed by atoms with van der Waals surface area (Å²) in [7, 11) is 0. The predicted octanol–water partition coefficient (Wildman–Crippen LogP) is 4.08. The van der Waals surface area contributed by atoms with E-state index in [1.165, 1.54) is 0 Å². The number of imidazole rings is 1. The Labute approximate surface area is 163 Å². The molecule has 0 radical (unpaired) electrons. The lowest BCUT2D eigenvalue weighted by Gasteiger charge is -2.08. The summed E-state index contributed by atoms with van der Waals surface area (Å²) >= 11 is 0. The number of ether oxygens (including phenoxy) is 2. The van der Waals surface area contributed by atoms with Gasteiger partial charge in [0.25, 0.3) is 0 Å². The molecule has 0 bridgehead atoms. The summed E-state index contributed by atoms with van der Waals surface area (Å²) in [6, 6.07) is 27.6. The number of para-hydroxylation sites is 4. The van der Waals surface area contributed by atoms with Crippen molar-refractivity contribution in [1.82, 2.24) is 9.13 Å². The maximum absolute atomic E-state index is 8.66. The van der Waals surface area contributed by atoms with Crippen LogP contribution in [0.1, 0.15) is 0 Å². The van der Waals surface area contributed by atoms with Crippen LogP contribution < -0.4 is 15.1 Å². The first-order valence-electron chi connectivity index (χ1n) is 9.41. The molecule has 0 aliphatic carbocycles. The summed E-state index contributed by atoms with van der Waals surface area (Å²) in [6.45, 7) is 2.24. The van der Waals surface area contributed by atoms with E-state index in [1.54, 1.807) is 0 Å². The number of benzene rings is 3. The highest BCUT2D eigenvalue weighted by Gasteiger charge is 2.10. The number of rotatable bonds is 8. The van der Waals surface area contributed by atoms with E-state index in [0.717, 1.165) is 22.5 Å². The lowest BCUT2D eigenvalue weighted by Crippen LogP contribution is -2.28. The number of hydrogen-bond acceptors (Lipinski definition) is 3. The van der Waals surface area contributed by atoms with Crippen LogP contribution in [0.2, 0.25) is 0 Å². The molecule has 0 fully saturated rings. The molecule has 3 aromatic carbocycles. The zero-order valence-corrected chi connectivity index (χ0v) is 15.6. The molecule has 4 rings (SSSR count). The molecule has 28 heavy (non-hydrogen) atoms. The minimum atomic E-state index is 0.453. The Kier molecular flexibility index (Phi) is 5.43. The van der Waals surface area contributed by atoms with E-state index in [-0.39, 0.29) is 0 Å². The molecule has 1 N–H and O–H groups in total. The molecule has 5 nitrogen and oxygen atoms in total. The minimum Gasteiger partial charge on any atom is -0.492 e. The van der Waals surface area contributed by atoms with Crippen LogP contribution in [0.25, 0.3) is 11.0 Å². The fraction of sp³-hybridized carbons (Fsp3) is 0.174. The lowest BCUT2D eigenvalue weighted by atomic mass is 10.3. The van der Waals surface area contributed by atoms with Crippen molar-refractivity contribution in [3.8, 4) is 11.5 Å². The highest BCUT2D eigenvalue weighted by molar-refractivity contribution is 5.75. The van der Waals surface area contributed by atoms with Gasteiger partial charge in [0.2, 0.25) is 5.62 Å². The van der Waals surface area contributed by atoms with Crippen LogP contribution in [0.4, 0.5) is 0 Å². The number of fused-ring (bicyclic) bond motifs is 1. The lowest BCUT2D eigenvalue weighted by molar-refractivity contribution is 0.288. The zero-order valence-electron chi connectivity index (χ0n) is 15.6. The average molecular weight is 373 g/mol. The largest absolute Gasteiger partial charge is 0.492 e. The molecule has 5 heteroatoms. The molecule has 0 spiro atoms. The fourth-order valence-electron chi connectivity index (χ4n) is 3.29. The molecule has 1 heterocycles. The summed E-state index contributed by atoms with van der Waals surface area (Å²) in [6.07, 6.45) is 0. The second-order valence-electron chi connectivity index (χ2n) is 6.44. The normalized spacial score (nSPS) is 10.9. The summed E-state index contributed by atoms with van der Waals surface area (Å²) < 4.78 is 15.6. The first kappa shape index (κ1) is 17.9. The Morgan fingerprint density at radius 1 is 0.571 bits per heavy atom. The number of hydrogen-bond donors (Lipinski definition) is 1. The third kappa shape index (κ3) is 3.93. The van der Waals surface area contributed by atoms with Crippen molar-refractivity contribution >= 4 is 11.0 Å². The van der Waals surface area contributed by atoms with E-state index in [1.807, 2.05) is 94.1 Å². The van der Waals surface area contributed by atoms with Crippen molar-refractivity contribution in [3.05, 3.63) is 90.5 Å². The van der Waals surface area contributed by atoms with Crippen LogP contribution >= 0.6 is 0 Å². The van der Waals surface area contributed by atoms with Crippen molar-refractivity contribution < 1.29 is 9.47 Å². The first-order chi connectivity index (χ1) is 13.8. The molecule has 0 atom stereocenters. The molecule has 0 unspecified atom stereocenters. The Balaban J connectivity index is 1.49. The van der Waals surface area contributed by atoms with Gasteiger partial charge in [-0.1, -0.05) is 48.5 Å². The maximum Gasteiger partial charge on any atom is 0.203 e. The van der Waals surface area contributed by atoms with Gasteiger partial charge in [-0.25, -0.2) is 0 Å². The van der Waals surface area contributed by atoms with Crippen molar-refractivity contribution in [2.75, 3.05) is 13.2 Å². The molecular formula is C23H23N3O2. The van der Waals surface area contributed by atoms with E-state index < -0.39 is 0 Å². The summed E-state index contributed by atoms with van der Waals surface area (Å²) in [5.41, 5.74) is 2.52. The van der Waals surface area contributed by atoms with Gasteiger partial charge in [0.15, 0.2) is 0 Å². The molecule has 4 aromatic rings. The van der Waals surface area contributed by atoms with Crippen LogP contribution in [-0.2, 0) is 13.1 Å². The van der Waals surface area contributed by atoms with Gasteiger partial charge >= 0.3 is 0 Å². The highest BCUT2D eigenvalue weighted by atomic mass is 16.5. The second-order valence-corrected chi connectivity index (χ2v) is 6.44. The first-order valence-corrected chi connectivity index (χ1v) is 9.41. The molecule has 0 saturated carbocycles. The van der Waals surface area contributed by atoms with E-state index in [9.17, 15) is 0 Å². The monoisotopic (exact) mass is 373 g/mol. The average Bonchev–Trinajstić information content (AvgIpc) is 3.01. The third-order valence-corrected chi connectivity index (χ3v) is 4.63. The molecule has 0 aliphatic rings. The van der Waals surface area contributed by atoms with Crippen LogP contribution in [-0.4, -0.2) is 22.3 Å². The Hall–Kier alpha value is -3.47. The van der Waals surface area contributed by atoms with Gasteiger partial charge in [0, 0.05) is 0 Å². The van der Waals surface area contributed by atoms with Gasteiger partial charge in [0.05, 0.1) is 24.1 Å². The second kappa shape index (κ2) is 8.48. The highest BCUT2D eigenvalue weighted by Crippen LogP contribution is 2.14. The third-order valence-electron chi connectivity index (χ3n) is 4.63. The van der Waals surface area contributed by atoms with Crippen molar-refractivity contribution in [3.63, 3.8) is 0 Å². The van der Waals surface area contributed by atoms with Crippen molar-refractivity contribution in [1.29, 1.82) is 5.41 Å². The number of nitrogens with one attached hydrogen (secondary N) is 1. The summed E-state index contributed by atoms with van der Waals surface area (Å²) in [5, 5.41) is 8.66. The molecule has 0 aliphatic heterocycles. The Morgan fingerprint density at radius 2 is 0.964 bits per heavy atom. The Morgan fingerprint density at radius 3 is 1.39 bits per heavy atom. The Bertz CT molecular complexity index is 1000. The maximum atomic E-state index is 8.66. The van der Waals surface area contributed by atoms with Crippen LogP contribution in [0.5, 0.6) is 11.5 Å². The quantitative estimate of drug-likeness (QED) is 0.506. The summed E-state index contributed by atoms with van der Waals surface area (Å²) in [5.74, 6) is 1.68. The number of nitrogens with zero attached hydrogens (tertiary/aromatic N) is 2. The van der Waals surface area contributed by atoms with E-state index in [2.05, 4.69) is 0 Å². The van der Waals surface area contributed by atoms with Crippen molar-refractivity contribution in [2.45, 2.75) is 13.1 Å². The van der Waals surface area contributed by atoms with Gasteiger partial charge in [-0.05, 0) is 36.4 Å². The van der Waals surface area contributed by atoms with E-state index >= 15 is 0 Å². The van der Waals surface area contributed by atoms with E-state index in [0.29, 0.717) is 31.9 Å². The van der Waals surface area contributed by atoms with Gasteiger partial charge in [0.1, 0.15) is 24.7 Å². The molecular weight excluding hydrogens is 350 g/mol. The smallest absolute Gasteiger partial charge is 0.203 e. The van der Waals surface area contributed by atoms with Crippen LogP contribution in [0.3, 0.4) is 0 Å². The van der Waals surface area contributed by atoms with Crippen molar-refractivity contribution in [2.24, 2.45) is 0 Å². The topological polar surface area (TPSA) is 52.2 Å². The fourth-order valence-corrected chi connectivity index (χ4v) is 3.29. The van der Waals surface area contributed by atoms with Gasteiger partial charge in [-0.15, -0.1) is 0 Å². The molecule has 142 valence electrons. The summed E-state index contributed by atoms with van der Waals surface area (Å²) in [4.78, 5) is 0. The van der Waals surface area contributed by atoms with E-state index in [4.69, 9.17) is 14.9 Å². The molecule has 1 aromatic heterocycles. The van der Waals surface area contributed by atoms with Gasteiger partial charge in [-0.2, -0.15) is 0 Å². The zero-order chi connectivity index (χ0) is 19.2. The van der Waals surface area contributed by atoms with Crippen LogP contribution in [0.15, 0.2) is 84.9 Å².